The highest BCUT2D eigenvalue weighted by atomic mass is 16.6. The third-order valence-corrected chi connectivity index (χ3v) is 1.47. The predicted octanol–water partition coefficient (Wildman–Crippen LogP) is 0.349. The zero-order chi connectivity index (χ0) is 9.84. The lowest BCUT2D eigenvalue weighted by Crippen LogP contribution is -2.19. The van der Waals surface area contributed by atoms with Gasteiger partial charge in [-0.2, -0.15) is 0 Å². The Kier molecular flexibility index (Phi) is 2.53. The van der Waals surface area contributed by atoms with Crippen LogP contribution < -0.4 is 5.32 Å². The van der Waals surface area contributed by atoms with Crippen molar-refractivity contribution in [2.45, 2.75) is 0 Å². The summed E-state index contributed by atoms with van der Waals surface area (Å²) in [5, 5.41) is 12.7. The molecule has 0 spiro atoms. The number of hydrogen-bond acceptors (Lipinski definition) is 4. The second-order valence-corrected chi connectivity index (χ2v) is 2.23. The molecular formula is C7H7N3O3. The van der Waals surface area contributed by atoms with E-state index in [4.69, 9.17) is 0 Å². The van der Waals surface area contributed by atoms with Gasteiger partial charge in [-0.15, -0.1) is 0 Å². The van der Waals surface area contributed by atoms with Crippen LogP contribution in [-0.2, 0) is 0 Å². The molecule has 0 saturated heterocycles. The highest BCUT2D eigenvalue weighted by molar-refractivity contribution is 5.97. The monoisotopic (exact) mass is 181 g/mol. The summed E-state index contributed by atoms with van der Waals surface area (Å²) in [6.07, 6.45) is 2.38. The summed E-state index contributed by atoms with van der Waals surface area (Å²) < 4.78 is 0. The zero-order valence-electron chi connectivity index (χ0n) is 6.85. The van der Waals surface area contributed by atoms with E-state index >= 15 is 0 Å². The Morgan fingerprint density at radius 3 is 2.92 bits per heavy atom. The number of nitrogens with one attached hydrogen (secondary N) is 1. The molecule has 1 aromatic rings. The molecule has 6 nitrogen and oxygen atoms in total. The molecule has 6 heteroatoms. The van der Waals surface area contributed by atoms with Gasteiger partial charge in [-0.1, -0.05) is 0 Å². The number of nitrogens with zero attached hydrogens (tertiary/aromatic N) is 2. The number of aromatic nitrogens is 1. The van der Waals surface area contributed by atoms with E-state index in [0.29, 0.717) is 0 Å². The van der Waals surface area contributed by atoms with Crippen LogP contribution in [0.15, 0.2) is 18.5 Å². The van der Waals surface area contributed by atoms with Crippen molar-refractivity contribution in [3.05, 3.63) is 34.1 Å². The number of carbonyl (C=O) groups excluding carboxylic acids is 1. The van der Waals surface area contributed by atoms with Crippen LogP contribution >= 0.6 is 0 Å². The molecule has 0 unspecified atom stereocenters. The van der Waals surface area contributed by atoms with Gasteiger partial charge in [0.1, 0.15) is 11.8 Å². The summed E-state index contributed by atoms with van der Waals surface area (Å²) >= 11 is 0. The fourth-order valence-corrected chi connectivity index (χ4v) is 0.858. The number of nitro groups is 1. The highest BCUT2D eigenvalue weighted by Crippen LogP contribution is 2.15. The minimum atomic E-state index is -0.641. The average molecular weight is 181 g/mol. The summed E-state index contributed by atoms with van der Waals surface area (Å²) in [6, 6.07) is 1.30. The summed E-state index contributed by atoms with van der Waals surface area (Å²) in [6.45, 7) is 0. The quantitative estimate of drug-likeness (QED) is 0.526. The maximum absolute atomic E-state index is 11.1. The fraction of sp³-hybridized carbons (Fsp3) is 0.143. The lowest BCUT2D eigenvalue weighted by Gasteiger charge is -1.99. The summed E-state index contributed by atoms with van der Waals surface area (Å²) in [7, 11) is 1.41. The molecule has 0 atom stereocenters. The normalized spacial score (nSPS) is 9.31. The van der Waals surface area contributed by atoms with E-state index in [1.54, 1.807) is 0 Å². The van der Waals surface area contributed by atoms with E-state index in [1.165, 1.54) is 19.3 Å². The Balaban J connectivity index is 3.19. The van der Waals surface area contributed by atoms with Gasteiger partial charge in [-0.3, -0.25) is 19.9 Å². The third kappa shape index (κ3) is 1.78. The van der Waals surface area contributed by atoms with Crippen LogP contribution in [0.4, 0.5) is 5.69 Å². The number of hydrogen-bond donors (Lipinski definition) is 1. The maximum Gasteiger partial charge on any atom is 0.300 e. The Bertz CT molecular complexity index is 351. The number of rotatable bonds is 2. The van der Waals surface area contributed by atoms with Crippen LogP contribution in [0.25, 0.3) is 0 Å². The molecule has 0 fully saturated rings. The smallest absolute Gasteiger partial charge is 0.300 e. The molecule has 1 aromatic heterocycles. The fourth-order valence-electron chi connectivity index (χ4n) is 0.858. The molecule has 0 saturated carbocycles. The Morgan fingerprint density at radius 2 is 2.38 bits per heavy atom. The SMILES string of the molecule is CNC(=O)c1ccncc1[N+](=O)[O-]. The molecule has 1 amide bonds. The van der Waals surface area contributed by atoms with Crippen LogP contribution in [-0.4, -0.2) is 22.9 Å². The first kappa shape index (κ1) is 9.11. The first-order valence-corrected chi connectivity index (χ1v) is 3.47. The minimum absolute atomic E-state index is 0.0162. The second-order valence-electron chi connectivity index (χ2n) is 2.23. The van der Waals surface area contributed by atoms with Crippen molar-refractivity contribution in [3.63, 3.8) is 0 Å². The molecule has 13 heavy (non-hydrogen) atoms. The van der Waals surface area contributed by atoms with Gasteiger partial charge in [0.05, 0.1) is 4.92 Å². The van der Waals surface area contributed by atoms with Crippen LogP contribution in [0, 0.1) is 10.1 Å². The number of pyridine rings is 1. The Morgan fingerprint density at radius 1 is 1.69 bits per heavy atom. The van der Waals surface area contributed by atoms with E-state index in [0.717, 1.165) is 6.20 Å². The molecule has 0 aliphatic rings. The molecule has 1 rings (SSSR count). The lowest BCUT2D eigenvalue weighted by molar-refractivity contribution is -0.385. The molecule has 0 aliphatic heterocycles. The maximum atomic E-state index is 11.1. The van der Waals surface area contributed by atoms with Crippen molar-refractivity contribution >= 4 is 11.6 Å². The molecule has 1 heterocycles. The Hall–Kier alpha value is -1.98. The molecule has 0 bridgehead atoms. The van der Waals surface area contributed by atoms with E-state index in [9.17, 15) is 14.9 Å². The standard InChI is InChI=1S/C7H7N3O3/c1-8-7(11)5-2-3-9-4-6(5)10(12)13/h2-4H,1H3,(H,8,11). The van der Waals surface area contributed by atoms with Crippen LogP contribution in [0.1, 0.15) is 10.4 Å². The molecule has 1 N–H and O–H groups in total. The molecule has 68 valence electrons. The van der Waals surface area contributed by atoms with Crippen molar-refractivity contribution in [2.24, 2.45) is 0 Å². The van der Waals surface area contributed by atoms with Crippen molar-refractivity contribution < 1.29 is 9.72 Å². The van der Waals surface area contributed by atoms with Gasteiger partial charge in [0, 0.05) is 13.2 Å². The van der Waals surface area contributed by atoms with E-state index < -0.39 is 10.8 Å². The third-order valence-electron chi connectivity index (χ3n) is 1.47. The predicted molar refractivity (Wildman–Crippen MR) is 44.3 cm³/mol. The topological polar surface area (TPSA) is 85.1 Å². The van der Waals surface area contributed by atoms with Crippen molar-refractivity contribution in [3.8, 4) is 0 Å². The minimum Gasteiger partial charge on any atom is -0.355 e. The highest BCUT2D eigenvalue weighted by Gasteiger charge is 2.18. The summed E-state index contributed by atoms with van der Waals surface area (Å²) in [5.74, 6) is -0.492. The van der Waals surface area contributed by atoms with Gasteiger partial charge in [-0.05, 0) is 6.07 Å². The van der Waals surface area contributed by atoms with Crippen LogP contribution in [0.2, 0.25) is 0 Å². The molecule has 0 aliphatic carbocycles. The molecule has 0 radical (unpaired) electrons. The lowest BCUT2D eigenvalue weighted by atomic mass is 10.2. The summed E-state index contributed by atoms with van der Waals surface area (Å²) in [4.78, 5) is 24.4. The van der Waals surface area contributed by atoms with Crippen LogP contribution in [0.5, 0.6) is 0 Å². The summed E-state index contributed by atoms with van der Waals surface area (Å²) in [5.41, 5.74) is -0.274. The van der Waals surface area contributed by atoms with Gasteiger partial charge in [0.15, 0.2) is 0 Å². The Labute approximate surface area is 73.7 Å². The molecule has 0 aromatic carbocycles. The van der Waals surface area contributed by atoms with Crippen LogP contribution in [0.3, 0.4) is 0 Å². The van der Waals surface area contributed by atoms with Gasteiger partial charge >= 0.3 is 0 Å². The van der Waals surface area contributed by atoms with E-state index in [1.807, 2.05) is 0 Å². The second kappa shape index (κ2) is 3.61. The number of amides is 1. The van der Waals surface area contributed by atoms with E-state index in [2.05, 4.69) is 10.3 Å². The first-order chi connectivity index (χ1) is 6.16. The number of carbonyl (C=O) groups is 1. The van der Waals surface area contributed by atoms with Gasteiger partial charge in [0.25, 0.3) is 11.6 Å². The molecular weight excluding hydrogens is 174 g/mol. The van der Waals surface area contributed by atoms with Crippen molar-refractivity contribution in [1.82, 2.24) is 10.3 Å². The van der Waals surface area contributed by atoms with Gasteiger partial charge in [0.2, 0.25) is 0 Å². The van der Waals surface area contributed by atoms with Crippen molar-refractivity contribution in [2.75, 3.05) is 7.05 Å². The van der Waals surface area contributed by atoms with E-state index in [-0.39, 0.29) is 11.3 Å². The van der Waals surface area contributed by atoms with Gasteiger partial charge < -0.3 is 5.32 Å². The average Bonchev–Trinajstić information content (AvgIpc) is 2.16. The first-order valence-electron chi connectivity index (χ1n) is 3.47. The van der Waals surface area contributed by atoms with Crippen molar-refractivity contribution in [1.29, 1.82) is 0 Å². The zero-order valence-corrected chi connectivity index (χ0v) is 6.85. The van der Waals surface area contributed by atoms with Gasteiger partial charge in [-0.25, -0.2) is 0 Å². The largest absolute Gasteiger partial charge is 0.355 e.